The summed E-state index contributed by atoms with van der Waals surface area (Å²) in [7, 11) is -4.76. The Balaban J connectivity index is 4.31. The smallest absolute Gasteiger partial charge is 0.201 e. The molecule has 74 valence electrons. The van der Waals surface area contributed by atoms with E-state index < -0.39 is 22.4 Å². The zero-order chi connectivity index (χ0) is 9.78. The van der Waals surface area contributed by atoms with Crippen LogP contribution >= 0.6 is 0 Å². The third-order valence-corrected chi connectivity index (χ3v) is 2.08. The van der Waals surface area contributed by atoms with Crippen LogP contribution < -0.4 is 0 Å². The molecule has 0 bridgehead atoms. The Morgan fingerprint density at radius 2 is 2.08 bits per heavy atom. The third kappa shape index (κ3) is 3.46. The van der Waals surface area contributed by atoms with Gasteiger partial charge in [-0.3, -0.25) is 0 Å². The highest BCUT2D eigenvalue weighted by Crippen LogP contribution is 2.02. The molecule has 12 heavy (non-hydrogen) atoms. The van der Waals surface area contributed by atoms with E-state index >= 15 is 0 Å². The van der Waals surface area contributed by atoms with E-state index in [1.165, 1.54) is 0 Å². The second-order valence-corrected chi connectivity index (χ2v) is 3.68. The number of rotatable bonds is 5. The first kappa shape index (κ1) is 11.8. The van der Waals surface area contributed by atoms with Crippen LogP contribution in [-0.2, 0) is 10.1 Å². The van der Waals surface area contributed by atoms with Gasteiger partial charge in [-0.25, -0.2) is 13.3 Å². The number of hydrogen-bond donors (Lipinski definition) is 2. The van der Waals surface area contributed by atoms with E-state index in [-0.39, 0.29) is 6.54 Å². The van der Waals surface area contributed by atoms with Crippen molar-refractivity contribution in [2.24, 2.45) is 0 Å². The van der Waals surface area contributed by atoms with Crippen LogP contribution in [0, 0.1) is 0 Å². The van der Waals surface area contributed by atoms with Crippen molar-refractivity contribution in [2.75, 3.05) is 13.3 Å². The Hall–Kier alpha value is -0.210. The van der Waals surface area contributed by atoms with Crippen LogP contribution in [0.4, 0.5) is 0 Å². The van der Waals surface area contributed by atoms with Crippen LogP contribution in [0.1, 0.15) is 13.3 Å². The zero-order valence-electron chi connectivity index (χ0n) is 6.67. The van der Waals surface area contributed by atoms with Crippen molar-refractivity contribution in [3.8, 4) is 0 Å². The minimum absolute atomic E-state index is 0.152. The first-order valence-corrected chi connectivity index (χ1v) is 4.88. The van der Waals surface area contributed by atoms with E-state index in [2.05, 4.69) is 0 Å². The SMILES string of the molecule is CCCN(CO)C(O)S(=O)(=O)[O-]. The first-order chi connectivity index (χ1) is 5.43. The van der Waals surface area contributed by atoms with Crippen molar-refractivity contribution >= 4 is 10.1 Å². The molecule has 2 N–H and O–H groups in total. The molecule has 0 saturated carbocycles. The molecule has 0 fully saturated rings. The van der Waals surface area contributed by atoms with Gasteiger partial charge in [-0.15, -0.1) is 0 Å². The van der Waals surface area contributed by atoms with Crippen molar-refractivity contribution in [2.45, 2.75) is 18.9 Å². The lowest BCUT2D eigenvalue weighted by molar-refractivity contribution is -0.00281. The molecular weight excluding hydrogens is 186 g/mol. The molecule has 1 atom stereocenters. The molecule has 0 aliphatic rings. The predicted octanol–water partition coefficient (Wildman–Crippen LogP) is -1.53. The molecule has 0 aromatic rings. The average molecular weight is 198 g/mol. The molecule has 0 aliphatic heterocycles. The monoisotopic (exact) mass is 198 g/mol. The molecule has 0 aromatic carbocycles. The number of aliphatic hydroxyl groups excluding tert-OH is 2. The van der Waals surface area contributed by atoms with Gasteiger partial charge >= 0.3 is 0 Å². The maximum absolute atomic E-state index is 10.2. The molecule has 0 amide bonds. The lowest BCUT2D eigenvalue weighted by Gasteiger charge is -2.26. The Kier molecular flexibility index (Phi) is 4.64. The van der Waals surface area contributed by atoms with Crippen LogP contribution in [0.3, 0.4) is 0 Å². The van der Waals surface area contributed by atoms with Crippen molar-refractivity contribution in [1.29, 1.82) is 0 Å². The summed E-state index contributed by atoms with van der Waals surface area (Å²) in [6.45, 7) is 1.22. The molecule has 0 heterocycles. The van der Waals surface area contributed by atoms with Gasteiger partial charge in [-0.1, -0.05) is 6.92 Å². The topological polar surface area (TPSA) is 101 Å². The molecule has 7 heteroatoms. The Morgan fingerprint density at radius 1 is 1.58 bits per heavy atom. The van der Waals surface area contributed by atoms with E-state index in [0.29, 0.717) is 6.42 Å². The van der Waals surface area contributed by atoms with E-state index in [1.54, 1.807) is 6.92 Å². The van der Waals surface area contributed by atoms with Crippen LogP contribution in [0.15, 0.2) is 0 Å². The van der Waals surface area contributed by atoms with Crippen molar-refractivity contribution in [3.05, 3.63) is 0 Å². The molecular formula is C5H12NO5S-. The first-order valence-electron chi connectivity index (χ1n) is 3.41. The zero-order valence-corrected chi connectivity index (χ0v) is 7.49. The fraction of sp³-hybridized carbons (Fsp3) is 1.00. The number of nitrogens with zero attached hydrogens (tertiary/aromatic N) is 1. The highest BCUT2D eigenvalue weighted by Gasteiger charge is 2.19. The molecule has 0 aromatic heterocycles. The van der Waals surface area contributed by atoms with E-state index in [9.17, 15) is 13.0 Å². The molecule has 0 radical (unpaired) electrons. The summed E-state index contributed by atoms with van der Waals surface area (Å²) in [4.78, 5) is 0.766. The second-order valence-electron chi connectivity index (χ2n) is 2.27. The average Bonchev–Trinajstić information content (AvgIpc) is 1.97. The van der Waals surface area contributed by atoms with Gasteiger partial charge in [0.2, 0.25) is 5.56 Å². The number of hydrogen-bond acceptors (Lipinski definition) is 6. The third-order valence-electron chi connectivity index (χ3n) is 1.26. The summed E-state index contributed by atoms with van der Waals surface area (Å²) < 4.78 is 30.7. The Labute approximate surface area is 71.2 Å². The predicted molar refractivity (Wildman–Crippen MR) is 39.8 cm³/mol. The highest BCUT2D eigenvalue weighted by molar-refractivity contribution is 7.86. The fourth-order valence-corrected chi connectivity index (χ4v) is 1.26. The summed E-state index contributed by atoms with van der Waals surface area (Å²) >= 11 is 0. The van der Waals surface area contributed by atoms with E-state index in [4.69, 9.17) is 10.2 Å². The minimum atomic E-state index is -4.76. The maximum Gasteiger partial charge on any atom is 0.201 e. The fourth-order valence-electron chi connectivity index (χ4n) is 0.721. The van der Waals surface area contributed by atoms with Crippen LogP contribution in [0.5, 0.6) is 0 Å². The summed E-state index contributed by atoms with van der Waals surface area (Å²) in [6.07, 6.45) is 0.535. The quantitative estimate of drug-likeness (QED) is 0.410. The van der Waals surface area contributed by atoms with Gasteiger partial charge in [0.25, 0.3) is 0 Å². The minimum Gasteiger partial charge on any atom is -0.745 e. The van der Waals surface area contributed by atoms with Gasteiger partial charge in [-0.2, -0.15) is 0 Å². The Morgan fingerprint density at radius 3 is 2.33 bits per heavy atom. The summed E-state index contributed by atoms with van der Waals surface area (Å²) in [6, 6.07) is 0. The van der Waals surface area contributed by atoms with Crippen molar-refractivity contribution in [1.82, 2.24) is 4.90 Å². The molecule has 0 spiro atoms. The van der Waals surface area contributed by atoms with Crippen LogP contribution in [-0.4, -0.2) is 46.9 Å². The second kappa shape index (κ2) is 4.73. The van der Waals surface area contributed by atoms with Gasteiger partial charge in [0, 0.05) is 6.54 Å². The van der Waals surface area contributed by atoms with Crippen molar-refractivity contribution in [3.63, 3.8) is 0 Å². The molecule has 1 unspecified atom stereocenters. The van der Waals surface area contributed by atoms with Crippen LogP contribution in [0.25, 0.3) is 0 Å². The molecule has 6 nitrogen and oxygen atoms in total. The Bertz CT molecular complexity index is 214. The van der Waals surface area contributed by atoms with Gasteiger partial charge in [0.15, 0.2) is 0 Å². The van der Waals surface area contributed by atoms with Crippen LogP contribution in [0.2, 0.25) is 0 Å². The maximum atomic E-state index is 10.2. The largest absolute Gasteiger partial charge is 0.745 e. The molecule has 0 rings (SSSR count). The number of aliphatic hydroxyl groups is 2. The summed E-state index contributed by atoms with van der Waals surface area (Å²) in [5, 5.41) is 17.4. The summed E-state index contributed by atoms with van der Waals surface area (Å²) in [5.74, 6) is 0. The van der Waals surface area contributed by atoms with Gasteiger partial charge in [0.05, 0.1) is 6.73 Å². The lowest BCUT2D eigenvalue weighted by atomic mass is 10.4. The van der Waals surface area contributed by atoms with Gasteiger partial charge in [-0.05, 0) is 6.42 Å². The van der Waals surface area contributed by atoms with Gasteiger partial charge < -0.3 is 14.8 Å². The molecule has 0 aliphatic carbocycles. The lowest BCUT2D eigenvalue weighted by Crippen LogP contribution is -2.41. The standard InChI is InChI=1S/C5H13NO5S/c1-2-3-6(4-7)5(8)12(9,10)11/h5,7-8H,2-4H2,1H3,(H,9,10,11)/p-1. The normalized spacial score (nSPS) is 15.1. The molecule has 0 saturated heterocycles. The van der Waals surface area contributed by atoms with E-state index in [0.717, 1.165) is 4.90 Å². The highest BCUT2D eigenvalue weighted by atomic mass is 32.2. The summed E-state index contributed by atoms with van der Waals surface area (Å²) in [5.41, 5.74) is -2.15. The van der Waals surface area contributed by atoms with Crippen molar-refractivity contribution < 1.29 is 23.2 Å². The van der Waals surface area contributed by atoms with Gasteiger partial charge in [0.1, 0.15) is 10.1 Å². The van der Waals surface area contributed by atoms with E-state index in [1.807, 2.05) is 0 Å².